The summed E-state index contributed by atoms with van der Waals surface area (Å²) in [5.41, 5.74) is 0. The van der Waals surface area contributed by atoms with E-state index in [9.17, 15) is 45.6 Å². The molecule has 0 aliphatic carbocycles. The number of nitrogens with one attached hydrogen (secondary N) is 1. The average Bonchev–Trinajstić information content (AvgIpc) is 0.915. The van der Waals surface area contributed by atoms with E-state index in [-0.39, 0.29) is 18.9 Å². The third-order valence-electron chi connectivity index (χ3n) is 16.5. The number of aliphatic hydroxyl groups excluding tert-OH is 8. The van der Waals surface area contributed by atoms with E-state index < -0.39 is 86.8 Å². The normalized spacial score (nSPS) is 23.6. The molecule has 14 nitrogen and oxygen atoms in total. The maximum atomic E-state index is 13.3. The van der Waals surface area contributed by atoms with Crippen LogP contribution in [-0.2, 0) is 23.7 Å². The first-order valence-corrected chi connectivity index (χ1v) is 36.1. The summed E-state index contributed by atoms with van der Waals surface area (Å²) in [6.45, 7) is 2.67. The van der Waals surface area contributed by atoms with Crippen molar-refractivity contribution in [3.8, 4) is 0 Å². The van der Waals surface area contributed by atoms with Crippen molar-refractivity contribution in [2.75, 3.05) is 19.8 Å². The lowest BCUT2D eigenvalue weighted by molar-refractivity contribution is -0.359. The lowest BCUT2D eigenvalue weighted by atomic mass is 9.97. The molecular weight excluding hydrogens is 1160 g/mol. The van der Waals surface area contributed by atoms with Crippen molar-refractivity contribution in [3.05, 3.63) is 146 Å². The fourth-order valence-corrected chi connectivity index (χ4v) is 10.8. The van der Waals surface area contributed by atoms with Gasteiger partial charge in [0.15, 0.2) is 12.6 Å². The van der Waals surface area contributed by atoms with Crippen LogP contribution in [0.5, 0.6) is 0 Å². The number of amides is 1. The highest BCUT2D eigenvalue weighted by Crippen LogP contribution is 2.30. The minimum Gasteiger partial charge on any atom is -0.394 e. The fourth-order valence-electron chi connectivity index (χ4n) is 10.8. The van der Waals surface area contributed by atoms with E-state index in [0.29, 0.717) is 6.42 Å². The molecule has 2 rings (SSSR count). The van der Waals surface area contributed by atoms with Crippen LogP contribution in [0.3, 0.4) is 0 Å². The van der Waals surface area contributed by atoms with Gasteiger partial charge in [-0.05, 0) is 103 Å². The first-order chi connectivity index (χ1) is 45.1. The van der Waals surface area contributed by atoms with Crippen LogP contribution in [0.15, 0.2) is 146 Å². The monoisotopic (exact) mass is 1290 g/mol. The Bertz CT molecular complexity index is 2110. The third kappa shape index (κ3) is 43.8. The van der Waals surface area contributed by atoms with Gasteiger partial charge in [-0.3, -0.25) is 4.79 Å². The predicted octanol–water partition coefficient (Wildman–Crippen LogP) is 15.2. The van der Waals surface area contributed by atoms with E-state index in [1.807, 2.05) is 6.08 Å². The standard InChI is InChI=1S/C78H129NO13/c1-3-5-7-9-11-13-15-17-19-21-23-25-26-27-28-29-30-31-32-33-34-35-36-37-38-39-40-42-44-46-48-50-52-54-56-58-60-62-70(83)79-66(67(82)61-59-57-55-53-51-49-47-45-43-41-24-22-20-18-16-14-12-10-8-6-4-2)65-89-77-75(88)73(86)76(69(64-81)91-77)92-78-74(87)72(85)71(84)68(63-80)90-78/h5,7,11,13,17,19,23,25,27-28,30-31,33-34,36-37,39-40,44,46,50,52,59,61,66-69,71-78,80-82,84-88H,3-4,6,8-10,12,14-16,18,20-22,24,26,29,32,35,38,41-43,45,47-49,51,53-58,60,62-65H2,1-2H3,(H,79,83)/b7-5-,13-11-,19-17-,25-23-,28-27-,31-30-,34-33-,37-36-,40-39-,46-44-,52-50-,61-59+. The Kier molecular flexibility index (Phi) is 55.2. The van der Waals surface area contributed by atoms with Crippen molar-refractivity contribution in [3.63, 3.8) is 0 Å². The smallest absolute Gasteiger partial charge is 0.220 e. The van der Waals surface area contributed by atoms with Crippen LogP contribution in [0.25, 0.3) is 0 Å². The molecule has 2 aliphatic heterocycles. The summed E-state index contributed by atoms with van der Waals surface area (Å²) in [5, 5.41) is 87.4. The zero-order valence-corrected chi connectivity index (χ0v) is 57.0. The molecular formula is C78H129NO13. The van der Waals surface area contributed by atoms with Gasteiger partial charge in [0.25, 0.3) is 0 Å². The third-order valence-corrected chi connectivity index (χ3v) is 16.5. The van der Waals surface area contributed by atoms with Gasteiger partial charge >= 0.3 is 0 Å². The molecule has 2 saturated heterocycles. The van der Waals surface area contributed by atoms with Gasteiger partial charge in [-0.2, -0.15) is 0 Å². The van der Waals surface area contributed by atoms with Crippen molar-refractivity contribution in [1.82, 2.24) is 5.32 Å². The van der Waals surface area contributed by atoms with Crippen LogP contribution in [-0.4, -0.2) is 140 Å². The Morgan fingerprint density at radius 1 is 0.402 bits per heavy atom. The molecule has 0 spiro atoms. The molecule has 2 aliphatic rings. The Balaban J connectivity index is 1.70. The van der Waals surface area contributed by atoms with Crippen LogP contribution < -0.4 is 5.32 Å². The second-order valence-corrected chi connectivity index (χ2v) is 24.6. The molecule has 12 unspecified atom stereocenters. The van der Waals surface area contributed by atoms with Crippen LogP contribution in [0.4, 0.5) is 0 Å². The summed E-state index contributed by atoms with van der Waals surface area (Å²) in [6, 6.07) is -0.945. The average molecular weight is 1290 g/mol. The van der Waals surface area contributed by atoms with E-state index in [1.54, 1.807) is 6.08 Å². The van der Waals surface area contributed by atoms with E-state index in [1.165, 1.54) is 109 Å². The molecule has 2 heterocycles. The quantitative estimate of drug-likeness (QED) is 0.0204. The van der Waals surface area contributed by atoms with Crippen molar-refractivity contribution >= 4 is 5.91 Å². The van der Waals surface area contributed by atoms with Crippen LogP contribution >= 0.6 is 0 Å². The van der Waals surface area contributed by atoms with E-state index in [0.717, 1.165) is 109 Å². The molecule has 14 heteroatoms. The summed E-state index contributed by atoms with van der Waals surface area (Å²) in [4.78, 5) is 13.3. The molecule has 0 aromatic carbocycles. The summed E-state index contributed by atoms with van der Waals surface area (Å²) in [7, 11) is 0. The molecule has 0 aromatic rings. The lowest BCUT2D eigenvalue weighted by Gasteiger charge is -2.46. The molecule has 0 saturated carbocycles. The molecule has 2 fully saturated rings. The molecule has 9 N–H and O–H groups in total. The number of rotatable bonds is 57. The van der Waals surface area contributed by atoms with Gasteiger partial charge in [0.2, 0.25) is 5.91 Å². The number of allylic oxidation sites excluding steroid dienone is 23. The van der Waals surface area contributed by atoms with Crippen molar-refractivity contribution < 1.29 is 64.6 Å². The Hall–Kier alpha value is -4.13. The Morgan fingerprint density at radius 3 is 1.15 bits per heavy atom. The van der Waals surface area contributed by atoms with Crippen molar-refractivity contribution in [2.24, 2.45) is 0 Å². The van der Waals surface area contributed by atoms with Gasteiger partial charge in [-0.15, -0.1) is 0 Å². The highest BCUT2D eigenvalue weighted by atomic mass is 16.7. The summed E-state index contributed by atoms with van der Waals surface area (Å²) < 4.78 is 22.8. The van der Waals surface area contributed by atoms with E-state index >= 15 is 0 Å². The predicted molar refractivity (Wildman–Crippen MR) is 378 cm³/mol. The number of ether oxygens (including phenoxy) is 4. The van der Waals surface area contributed by atoms with Gasteiger partial charge in [-0.1, -0.05) is 282 Å². The largest absolute Gasteiger partial charge is 0.394 e. The highest BCUT2D eigenvalue weighted by Gasteiger charge is 2.51. The number of aliphatic hydroxyl groups is 8. The maximum absolute atomic E-state index is 13.3. The van der Waals surface area contributed by atoms with Crippen LogP contribution in [0.2, 0.25) is 0 Å². The molecule has 1 amide bonds. The van der Waals surface area contributed by atoms with Gasteiger partial charge < -0.3 is 65.1 Å². The highest BCUT2D eigenvalue weighted by molar-refractivity contribution is 5.76. The zero-order valence-electron chi connectivity index (χ0n) is 57.0. The number of unbranched alkanes of at least 4 members (excludes halogenated alkanes) is 22. The van der Waals surface area contributed by atoms with E-state index in [2.05, 4.69) is 153 Å². The van der Waals surface area contributed by atoms with Gasteiger partial charge in [0.05, 0.1) is 32.0 Å². The van der Waals surface area contributed by atoms with Crippen molar-refractivity contribution in [1.29, 1.82) is 0 Å². The lowest BCUT2D eigenvalue weighted by Crippen LogP contribution is -2.65. The number of hydrogen-bond acceptors (Lipinski definition) is 13. The van der Waals surface area contributed by atoms with Gasteiger partial charge in [0.1, 0.15) is 48.8 Å². The summed E-state index contributed by atoms with van der Waals surface area (Å²) in [6.07, 6.45) is 74.6. The second-order valence-electron chi connectivity index (χ2n) is 24.6. The minimum absolute atomic E-state index is 0.232. The molecule has 12 atom stereocenters. The maximum Gasteiger partial charge on any atom is 0.220 e. The molecule has 524 valence electrons. The van der Waals surface area contributed by atoms with Gasteiger partial charge in [0, 0.05) is 6.42 Å². The number of carbonyl (C=O) groups is 1. The topological polar surface area (TPSA) is 228 Å². The molecule has 0 aromatic heterocycles. The first-order valence-electron chi connectivity index (χ1n) is 36.1. The SMILES string of the molecule is CC/C=C\C/C=C\C/C=C\C/C=C\C/C=C\C/C=C\C/C=C\C/C=C\C/C=C\C/C=C\C/C=C\CCCCCC(=O)NC(COC1OC(CO)C(OC2OC(CO)C(O)C(O)C2O)C(O)C1O)C(O)/C=C/CCCCCCCCCCCCCCCCCCCCC. The molecule has 0 radical (unpaired) electrons. The van der Waals surface area contributed by atoms with Crippen molar-refractivity contribution in [2.45, 2.75) is 319 Å². The second kappa shape index (κ2) is 60.5. The summed E-state index contributed by atoms with van der Waals surface area (Å²) in [5.74, 6) is -0.275. The van der Waals surface area contributed by atoms with Gasteiger partial charge in [-0.25, -0.2) is 0 Å². The number of carbonyl (C=O) groups excluding carboxylic acids is 1. The Morgan fingerprint density at radius 2 is 0.750 bits per heavy atom. The molecule has 0 bridgehead atoms. The number of hydrogen-bond donors (Lipinski definition) is 9. The zero-order chi connectivity index (χ0) is 66.6. The Labute approximate surface area is 557 Å². The summed E-state index contributed by atoms with van der Waals surface area (Å²) >= 11 is 0. The van der Waals surface area contributed by atoms with Crippen LogP contribution in [0.1, 0.15) is 245 Å². The minimum atomic E-state index is -1.80. The van der Waals surface area contributed by atoms with E-state index in [4.69, 9.17) is 18.9 Å². The molecule has 92 heavy (non-hydrogen) atoms. The first kappa shape index (κ1) is 84.0. The fraction of sp³-hybridized carbons (Fsp3) is 0.679. The van der Waals surface area contributed by atoms with Crippen LogP contribution in [0, 0.1) is 0 Å².